The van der Waals surface area contributed by atoms with Crippen LogP contribution in [0.15, 0.2) is 47.0 Å². The maximum Gasteiger partial charge on any atom is 0.314 e. The molecular weight excluding hydrogens is 444 g/mol. The van der Waals surface area contributed by atoms with Gasteiger partial charge in [-0.05, 0) is 40.9 Å². The van der Waals surface area contributed by atoms with Crippen molar-refractivity contribution in [3.05, 3.63) is 65.7 Å². The summed E-state index contributed by atoms with van der Waals surface area (Å²) in [6, 6.07) is 8.78. The van der Waals surface area contributed by atoms with E-state index in [0.717, 1.165) is 27.7 Å². The molecule has 0 saturated carbocycles. The number of alkyl halides is 2. The van der Waals surface area contributed by atoms with E-state index in [1.54, 1.807) is 24.4 Å². The summed E-state index contributed by atoms with van der Waals surface area (Å²) in [4.78, 5) is 5.12. The standard InChI is InChI=1S/C20H12F4N8O/c21-14-7-13(19-28-29-20(33-19)16(23)24)15(22)6-11(14)8-32-30-18(27-31-32)10-1-2-12-9(5-10)3-4-26-17(12)25/h1-7,16H,8H2,(H2,25,26). The molecule has 3 aromatic heterocycles. The molecule has 33 heavy (non-hydrogen) atoms. The van der Waals surface area contributed by atoms with E-state index in [2.05, 4.69) is 35.0 Å². The molecule has 166 valence electrons. The van der Waals surface area contributed by atoms with E-state index >= 15 is 0 Å². The molecule has 0 atom stereocenters. The van der Waals surface area contributed by atoms with Crippen LogP contribution in [0.3, 0.4) is 0 Å². The van der Waals surface area contributed by atoms with Crippen molar-refractivity contribution in [1.82, 2.24) is 35.4 Å². The van der Waals surface area contributed by atoms with Crippen molar-refractivity contribution in [2.45, 2.75) is 13.0 Å². The molecule has 0 aliphatic rings. The summed E-state index contributed by atoms with van der Waals surface area (Å²) < 4.78 is 59.0. The molecule has 2 N–H and O–H groups in total. The minimum Gasteiger partial charge on any atom is -0.415 e. The Morgan fingerprint density at radius 1 is 1.00 bits per heavy atom. The minimum absolute atomic E-state index is 0.0915. The van der Waals surface area contributed by atoms with Crippen LogP contribution >= 0.6 is 0 Å². The summed E-state index contributed by atoms with van der Waals surface area (Å²) in [7, 11) is 0. The van der Waals surface area contributed by atoms with Gasteiger partial charge in [0.25, 0.3) is 11.8 Å². The van der Waals surface area contributed by atoms with Crippen LogP contribution in [0.4, 0.5) is 23.4 Å². The highest BCUT2D eigenvalue weighted by molar-refractivity contribution is 5.93. The van der Waals surface area contributed by atoms with Crippen molar-refractivity contribution < 1.29 is 22.0 Å². The summed E-state index contributed by atoms with van der Waals surface area (Å²) in [5.41, 5.74) is 5.97. The van der Waals surface area contributed by atoms with Gasteiger partial charge in [-0.25, -0.2) is 13.8 Å². The smallest absolute Gasteiger partial charge is 0.314 e. The summed E-state index contributed by atoms with van der Waals surface area (Å²) in [5, 5.41) is 20.1. The molecule has 0 saturated heterocycles. The first-order valence-corrected chi connectivity index (χ1v) is 9.41. The van der Waals surface area contributed by atoms with E-state index in [9.17, 15) is 17.6 Å². The molecule has 5 rings (SSSR count). The van der Waals surface area contributed by atoms with E-state index < -0.39 is 35.4 Å². The zero-order valence-corrected chi connectivity index (χ0v) is 16.5. The van der Waals surface area contributed by atoms with Crippen molar-refractivity contribution in [3.8, 4) is 22.8 Å². The van der Waals surface area contributed by atoms with E-state index in [1.807, 2.05) is 6.07 Å². The third-order valence-electron chi connectivity index (χ3n) is 4.81. The molecule has 0 bridgehead atoms. The number of halogens is 4. The van der Waals surface area contributed by atoms with Crippen molar-refractivity contribution >= 4 is 16.6 Å². The molecular formula is C20H12F4N8O. The third kappa shape index (κ3) is 3.84. The zero-order valence-electron chi connectivity index (χ0n) is 16.5. The highest BCUT2D eigenvalue weighted by atomic mass is 19.3. The Bertz CT molecular complexity index is 1480. The van der Waals surface area contributed by atoms with Crippen molar-refractivity contribution in [2.24, 2.45) is 0 Å². The van der Waals surface area contributed by atoms with Gasteiger partial charge < -0.3 is 10.2 Å². The largest absolute Gasteiger partial charge is 0.415 e. The minimum atomic E-state index is -3.03. The fourth-order valence-electron chi connectivity index (χ4n) is 3.22. The lowest BCUT2D eigenvalue weighted by Gasteiger charge is -2.05. The Balaban J connectivity index is 1.40. The van der Waals surface area contributed by atoms with Gasteiger partial charge in [0.05, 0.1) is 12.1 Å². The normalized spacial score (nSPS) is 11.5. The monoisotopic (exact) mass is 456 g/mol. The number of benzene rings is 2. The van der Waals surface area contributed by atoms with Gasteiger partial charge >= 0.3 is 6.43 Å². The Morgan fingerprint density at radius 3 is 2.64 bits per heavy atom. The van der Waals surface area contributed by atoms with Crippen LogP contribution in [-0.2, 0) is 6.54 Å². The Morgan fingerprint density at radius 2 is 1.85 bits per heavy atom. The van der Waals surface area contributed by atoms with Gasteiger partial charge in [0, 0.05) is 22.7 Å². The number of aromatic nitrogens is 7. The summed E-state index contributed by atoms with van der Waals surface area (Å²) in [6.07, 6.45) is -1.45. The summed E-state index contributed by atoms with van der Waals surface area (Å²) in [6.45, 7) is -0.230. The average Bonchev–Trinajstić information content (AvgIpc) is 3.46. The summed E-state index contributed by atoms with van der Waals surface area (Å²) >= 11 is 0. The highest BCUT2D eigenvalue weighted by Gasteiger charge is 2.21. The molecule has 3 heterocycles. The molecule has 0 amide bonds. The molecule has 0 aliphatic carbocycles. The lowest BCUT2D eigenvalue weighted by atomic mass is 10.1. The first-order chi connectivity index (χ1) is 15.9. The molecule has 0 radical (unpaired) electrons. The van der Waals surface area contributed by atoms with E-state index in [1.165, 1.54) is 0 Å². The van der Waals surface area contributed by atoms with Crippen LogP contribution in [0.2, 0.25) is 0 Å². The molecule has 9 nitrogen and oxygen atoms in total. The fourth-order valence-corrected chi connectivity index (χ4v) is 3.22. The maximum absolute atomic E-state index is 14.6. The number of fused-ring (bicyclic) bond motifs is 1. The molecule has 0 aliphatic heterocycles. The number of hydrogen-bond acceptors (Lipinski definition) is 8. The maximum atomic E-state index is 14.6. The fraction of sp³-hybridized carbons (Fsp3) is 0.100. The Kier molecular flexibility index (Phi) is 4.92. The first-order valence-electron chi connectivity index (χ1n) is 9.41. The highest BCUT2D eigenvalue weighted by Crippen LogP contribution is 2.28. The van der Waals surface area contributed by atoms with Crippen molar-refractivity contribution in [1.29, 1.82) is 0 Å². The van der Waals surface area contributed by atoms with Gasteiger partial charge in [-0.1, -0.05) is 6.07 Å². The number of nitrogens with zero attached hydrogens (tertiary/aromatic N) is 7. The van der Waals surface area contributed by atoms with Crippen LogP contribution in [0.25, 0.3) is 33.6 Å². The van der Waals surface area contributed by atoms with Crippen LogP contribution in [0.1, 0.15) is 17.9 Å². The van der Waals surface area contributed by atoms with Crippen LogP contribution < -0.4 is 5.73 Å². The lowest BCUT2D eigenvalue weighted by Crippen LogP contribution is -2.07. The third-order valence-corrected chi connectivity index (χ3v) is 4.81. The molecule has 0 unspecified atom stereocenters. The predicted octanol–water partition coefficient (Wildman–Crippen LogP) is 3.78. The van der Waals surface area contributed by atoms with Crippen molar-refractivity contribution in [2.75, 3.05) is 5.73 Å². The van der Waals surface area contributed by atoms with Crippen LogP contribution in [0.5, 0.6) is 0 Å². The van der Waals surface area contributed by atoms with E-state index in [0.29, 0.717) is 11.4 Å². The summed E-state index contributed by atoms with van der Waals surface area (Å²) in [5.74, 6) is -2.65. The van der Waals surface area contributed by atoms with E-state index in [-0.39, 0.29) is 17.9 Å². The topological polar surface area (TPSA) is 121 Å². The molecule has 5 aromatic rings. The van der Waals surface area contributed by atoms with Gasteiger partial charge in [-0.3, -0.25) is 0 Å². The van der Waals surface area contributed by atoms with Gasteiger partial charge in [0.15, 0.2) is 0 Å². The second-order valence-electron chi connectivity index (χ2n) is 6.95. The lowest BCUT2D eigenvalue weighted by molar-refractivity contribution is 0.116. The predicted molar refractivity (Wildman–Crippen MR) is 107 cm³/mol. The van der Waals surface area contributed by atoms with Gasteiger partial charge in [0.1, 0.15) is 17.5 Å². The van der Waals surface area contributed by atoms with Gasteiger partial charge in [-0.2, -0.15) is 13.6 Å². The number of anilines is 1. The Hall–Kier alpha value is -4.42. The second kappa shape index (κ2) is 7.93. The number of nitrogens with two attached hydrogens (primary N) is 1. The first kappa shape index (κ1) is 20.5. The number of pyridine rings is 1. The molecule has 13 heteroatoms. The van der Waals surface area contributed by atoms with E-state index in [4.69, 9.17) is 5.73 Å². The SMILES string of the molecule is Nc1nccc2cc(-c3nnn(Cc4cc(F)c(-c5nnc(C(F)F)o5)cc4F)n3)ccc12. The number of hydrogen-bond donors (Lipinski definition) is 1. The zero-order chi connectivity index (χ0) is 23.1. The van der Waals surface area contributed by atoms with Crippen molar-refractivity contribution in [3.63, 3.8) is 0 Å². The Labute approximate surface area is 181 Å². The molecule has 0 fully saturated rings. The van der Waals surface area contributed by atoms with Crippen LogP contribution in [0, 0.1) is 11.6 Å². The molecule has 2 aromatic carbocycles. The number of rotatable bonds is 5. The number of tetrazole rings is 1. The second-order valence-corrected chi connectivity index (χ2v) is 6.95. The number of nitrogen functional groups attached to an aromatic ring is 1. The van der Waals surface area contributed by atoms with Gasteiger partial charge in [-0.15, -0.1) is 20.4 Å². The average molecular weight is 456 g/mol. The van der Waals surface area contributed by atoms with Crippen LogP contribution in [-0.4, -0.2) is 35.4 Å². The van der Waals surface area contributed by atoms with Gasteiger partial charge in [0.2, 0.25) is 5.82 Å². The quantitative estimate of drug-likeness (QED) is 0.397. The molecule has 0 spiro atoms.